The molecule has 0 aliphatic carbocycles. The average molecular weight is 438 g/mol. The van der Waals surface area contributed by atoms with Crippen molar-refractivity contribution in [2.24, 2.45) is 0 Å². The van der Waals surface area contributed by atoms with E-state index < -0.39 is 11.9 Å². The number of esters is 1. The number of ether oxygens (including phenoxy) is 7. The summed E-state index contributed by atoms with van der Waals surface area (Å²) < 4.78 is 35.0. The van der Waals surface area contributed by atoms with E-state index in [4.69, 9.17) is 33.5 Å². The van der Waals surface area contributed by atoms with Gasteiger partial charge >= 0.3 is 11.9 Å². The topological polar surface area (TPSA) is 119 Å². The predicted molar refractivity (Wildman–Crippen MR) is 110 cm³/mol. The van der Waals surface area contributed by atoms with E-state index in [0.717, 1.165) is 0 Å². The minimum absolute atomic E-state index is 0.0372. The third-order valence-corrected chi connectivity index (χ3v) is 4.04. The van der Waals surface area contributed by atoms with Gasteiger partial charge in [-0.1, -0.05) is 0 Å². The largest absolute Gasteiger partial charge is 0.493 e. The lowest BCUT2D eigenvalue weighted by atomic mass is 10.1. The fraction of sp³-hybridized carbons (Fsp3) is 0.333. The number of carboxylic acids is 1. The van der Waals surface area contributed by atoms with Gasteiger partial charge in [-0.15, -0.1) is 0 Å². The number of aromatic carboxylic acids is 1. The third kappa shape index (κ3) is 5.62. The monoisotopic (exact) mass is 438 g/mol. The van der Waals surface area contributed by atoms with Crippen molar-refractivity contribution in [2.75, 3.05) is 49.8 Å². The number of hydrogen-bond donors (Lipinski definition) is 1. The molecule has 0 spiro atoms. The second kappa shape index (κ2) is 12.0. The summed E-state index contributed by atoms with van der Waals surface area (Å²) in [6.07, 6.45) is 0. The van der Waals surface area contributed by atoms with Crippen LogP contribution < -0.4 is 28.4 Å². The van der Waals surface area contributed by atoms with Crippen molar-refractivity contribution in [2.45, 2.75) is 0 Å². The molecule has 31 heavy (non-hydrogen) atoms. The zero-order valence-electron chi connectivity index (χ0n) is 18.4. The predicted octanol–water partition coefficient (Wildman–Crippen LogP) is 2.91. The van der Waals surface area contributed by atoms with Crippen LogP contribution in [0.25, 0.3) is 0 Å². The second-order valence-corrected chi connectivity index (χ2v) is 5.56. The van der Waals surface area contributed by atoms with Gasteiger partial charge in [0.15, 0.2) is 23.0 Å². The van der Waals surface area contributed by atoms with Crippen LogP contribution in [0.4, 0.5) is 0 Å². The number of hydrogen-bond acceptors (Lipinski definition) is 9. The molecular formula is C21H26O10. The third-order valence-electron chi connectivity index (χ3n) is 4.04. The van der Waals surface area contributed by atoms with Crippen LogP contribution in [0.5, 0.6) is 34.5 Å². The lowest BCUT2D eigenvalue weighted by Crippen LogP contribution is -2.06. The van der Waals surface area contributed by atoms with Gasteiger partial charge in [-0.25, -0.2) is 9.59 Å². The fourth-order valence-electron chi connectivity index (χ4n) is 2.64. The van der Waals surface area contributed by atoms with E-state index in [1.807, 2.05) is 0 Å². The SMILES string of the molecule is COC(=O)c1ccc(OC)c(OC)c1OC.COc1ccc(C(=O)O)c(OC)c1OC. The molecule has 2 aromatic carbocycles. The molecule has 0 amide bonds. The van der Waals surface area contributed by atoms with Crippen molar-refractivity contribution in [3.8, 4) is 34.5 Å². The van der Waals surface area contributed by atoms with Gasteiger partial charge in [0.2, 0.25) is 11.5 Å². The van der Waals surface area contributed by atoms with E-state index in [1.54, 1.807) is 12.1 Å². The summed E-state index contributed by atoms with van der Waals surface area (Å²) >= 11 is 0. The van der Waals surface area contributed by atoms with Crippen molar-refractivity contribution in [1.82, 2.24) is 0 Å². The fourth-order valence-corrected chi connectivity index (χ4v) is 2.64. The highest BCUT2D eigenvalue weighted by Gasteiger charge is 2.21. The molecule has 0 aliphatic heterocycles. The van der Waals surface area contributed by atoms with Crippen LogP contribution in [0.2, 0.25) is 0 Å². The summed E-state index contributed by atoms with van der Waals surface area (Å²) in [5.41, 5.74) is 0.331. The second-order valence-electron chi connectivity index (χ2n) is 5.56. The first-order valence-electron chi connectivity index (χ1n) is 8.74. The number of rotatable bonds is 8. The van der Waals surface area contributed by atoms with Crippen molar-refractivity contribution in [3.05, 3.63) is 35.4 Å². The van der Waals surface area contributed by atoms with Gasteiger partial charge in [-0.3, -0.25) is 0 Å². The van der Waals surface area contributed by atoms with E-state index in [9.17, 15) is 9.59 Å². The zero-order valence-corrected chi connectivity index (χ0v) is 18.4. The van der Waals surface area contributed by atoms with Gasteiger partial charge in [0.05, 0.1) is 49.8 Å². The molecular weight excluding hydrogens is 412 g/mol. The molecule has 0 aliphatic rings. The van der Waals surface area contributed by atoms with Crippen LogP contribution in [0.1, 0.15) is 20.7 Å². The molecule has 0 heterocycles. The molecule has 0 fully saturated rings. The van der Waals surface area contributed by atoms with Gasteiger partial charge in [-0.2, -0.15) is 0 Å². The molecule has 0 saturated carbocycles. The summed E-state index contributed by atoms with van der Waals surface area (Å²) in [7, 11) is 10.0. The van der Waals surface area contributed by atoms with Crippen LogP contribution in [0.15, 0.2) is 24.3 Å². The Morgan fingerprint density at radius 1 is 0.581 bits per heavy atom. The van der Waals surface area contributed by atoms with Crippen LogP contribution in [-0.2, 0) is 4.74 Å². The number of carboxylic acid groups (broad SMARTS) is 1. The Labute approximate surface area is 180 Å². The highest BCUT2D eigenvalue weighted by Crippen LogP contribution is 2.40. The smallest absolute Gasteiger partial charge is 0.341 e. The first-order chi connectivity index (χ1) is 14.8. The quantitative estimate of drug-likeness (QED) is 0.616. The standard InChI is InChI=1S/C11H14O5.C10H12O5/c1-13-8-6-5-7(11(12)16-4)9(14-2)10(8)15-3;1-13-7-5-4-6(10(11)12)8(14-2)9(7)15-3/h5-6H,1-4H3;4-5H,1-3H3,(H,11,12). The van der Waals surface area contributed by atoms with E-state index in [0.29, 0.717) is 28.6 Å². The van der Waals surface area contributed by atoms with E-state index in [1.165, 1.54) is 61.9 Å². The maximum absolute atomic E-state index is 11.5. The van der Waals surface area contributed by atoms with Crippen molar-refractivity contribution < 1.29 is 47.9 Å². The first-order valence-corrected chi connectivity index (χ1v) is 8.74. The molecule has 0 unspecified atom stereocenters. The molecule has 1 N–H and O–H groups in total. The number of carbonyl (C=O) groups is 2. The Morgan fingerprint density at radius 3 is 1.29 bits per heavy atom. The molecule has 2 aromatic rings. The first kappa shape index (κ1) is 25.2. The normalized spacial score (nSPS) is 9.52. The molecule has 170 valence electrons. The van der Waals surface area contributed by atoms with Gasteiger partial charge < -0.3 is 38.3 Å². The van der Waals surface area contributed by atoms with Gasteiger partial charge in [0, 0.05) is 0 Å². The van der Waals surface area contributed by atoms with Crippen LogP contribution in [0.3, 0.4) is 0 Å². The minimum atomic E-state index is -1.08. The van der Waals surface area contributed by atoms with E-state index in [2.05, 4.69) is 4.74 Å². The maximum Gasteiger partial charge on any atom is 0.341 e. The highest BCUT2D eigenvalue weighted by atomic mass is 16.5. The lowest BCUT2D eigenvalue weighted by Gasteiger charge is -2.14. The molecule has 2 rings (SSSR count). The summed E-state index contributed by atoms with van der Waals surface area (Å²) in [5.74, 6) is 0.461. The Kier molecular flexibility index (Phi) is 9.77. The summed E-state index contributed by atoms with van der Waals surface area (Å²) in [5, 5.41) is 8.90. The molecule has 10 heteroatoms. The van der Waals surface area contributed by atoms with Crippen molar-refractivity contribution in [1.29, 1.82) is 0 Å². The Balaban J connectivity index is 0.000000311. The van der Waals surface area contributed by atoms with Gasteiger partial charge in [-0.05, 0) is 24.3 Å². The molecule has 0 saturated heterocycles. The number of benzene rings is 2. The van der Waals surface area contributed by atoms with Gasteiger partial charge in [0.25, 0.3) is 0 Å². The Hall–Kier alpha value is -3.82. The lowest BCUT2D eigenvalue weighted by molar-refractivity contribution is 0.0595. The van der Waals surface area contributed by atoms with Crippen LogP contribution in [0, 0.1) is 0 Å². The van der Waals surface area contributed by atoms with Crippen molar-refractivity contribution in [3.63, 3.8) is 0 Å². The van der Waals surface area contributed by atoms with E-state index in [-0.39, 0.29) is 17.1 Å². The highest BCUT2D eigenvalue weighted by molar-refractivity contribution is 5.94. The number of methoxy groups -OCH3 is 7. The minimum Gasteiger partial charge on any atom is -0.493 e. The van der Waals surface area contributed by atoms with Crippen molar-refractivity contribution >= 4 is 11.9 Å². The molecule has 0 atom stereocenters. The summed E-state index contributed by atoms with van der Waals surface area (Å²) in [6, 6.07) is 6.10. The maximum atomic E-state index is 11.5. The Bertz CT molecular complexity index is 908. The average Bonchev–Trinajstić information content (AvgIpc) is 2.81. The van der Waals surface area contributed by atoms with Crippen LogP contribution in [-0.4, -0.2) is 66.8 Å². The van der Waals surface area contributed by atoms with E-state index >= 15 is 0 Å². The molecule has 0 aromatic heterocycles. The molecule has 0 bridgehead atoms. The van der Waals surface area contributed by atoms with Crippen LogP contribution >= 0.6 is 0 Å². The zero-order chi connectivity index (χ0) is 23.6. The molecule has 0 radical (unpaired) electrons. The summed E-state index contributed by atoms with van der Waals surface area (Å²) in [4.78, 5) is 22.3. The summed E-state index contributed by atoms with van der Waals surface area (Å²) in [6.45, 7) is 0. The van der Waals surface area contributed by atoms with Gasteiger partial charge in [0.1, 0.15) is 11.1 Å². The molecule has 10 nitrogen and oxygen atoms in total. The number of carbonyl (C=O) groups excluding carboxylic acids is 1. The Morgan fingerprint density at radius 2 is 0.968 bits per heavy atom.